The van der Waals surface area contributed by atoms with Gasteiger partial charge in [-0.15, -0.1) is 10.2 Å². The lowest BCUT2D eigenvalue weighted by Crippen LogP contribution is -2.40. The van der Waals surface area contributed by atoms with Gasteiger partial charge in [0.2, 0.25) is 5.91 Å². The molecule has 0 saturated carbocycles. The average molecular weight is 275 g/mol. The van der Waals surface area contributed by atoms with Gasteiger partial charge in [0, 0.05) is 19.3 Å². The molecule has 2 aromatic heterocycles. The summed E-state index contributed by atoms with van der Waals surface area (Å²) in [4.78, 5) is 24.9. The van der Waals surface area contributed by atoms with E-state index in [9.17, 15) is 9.59 Å². The second-order valence-corrected chi connectivity index (χ2v) is 4.58. The number of hydrogen-bond acceptors (Lipinski definition) is 4. The van der Waals surface area contributed by atoms with E-state index in [1.807, 2.05) is 4.57 Å². The van der Waals surface area contributed by atoms with Crippen LogP contribution in [-0.2, 0) is 24.4 Å². The number of amides is 1. The van der Waals surface area contributed by atoms with Gasteiger partial charge in [-0.3, -0.25) is 4.79 Å². The molecule has 0 fully saturated rings. The number of aromatic nitrogens is 4. The van der Waals surface area contributed by atoms with E-state index in [1.54, 1.807) is 23.5 Å². The monoisotopic (exact) mass is 275 g/mol. The Balaban J connectivity index is 1.71. The van der Waals surface area contributed by atoms with Crippen LogP contribution < -0.4 is 0 Å². The fourth-order valence-corrected chi connectivity index (χ4v) is 2.27. The predicted molar refractivity (Wildman–Crippen MR) is 66.8 cm³/mol. The molecule has 0 radical (unpaired) electrons. The number of rotatable bonds is 3. The number of carboxylic acid groups (broad SMARTS) is 1. The second kappa shape index (κ2) is 4.80. The topological polar surface area (TPSA) is 93.2 Å². The quantitative estimate of drug-likeness (QED) is 0.838. The third kappa shape index (κ3) is 2.15. The first-order chi connectivity index (χ1) is 9.65. The molecule has 1 aliphatic rings. The van der Waals surface area contributed by atoms with Gasteiger partial charge in [-0.25, -0.2) is 4.79 Å². The standard InChI is InChI=1S/C12H13N5O3/c18-11(7-15-3-1-2-9(15)12(19)20)16-4-5-17-8-13-14-10(17)6-16/h1-3,8H,4-7H2,(H,19,20). The molecule has 2 aromatic rings. The van der Waals surface area contributed by atoms with Crippen LogP contribution >= 0.6 is 0 Å². The summed E-state index contributed by atoms with van der Waals surface area (Å²) in [6.07, 6.45) is 3.24. The largest absolute Gasteiger partial charge is 0.477 e. The number of fused-ring (bicyclic) bond motifs is 1. The Bertz CT molecular complexity index is 660. The van der Waals surface area contributed by atoms with E-state index < -0.39 is 5.97 Å². The zero-order valence-electron chi connectivity index (χ0n) is 10.6. The fourth-order valence-electron chi connectivity index (χ4n) is 2.27. The van der Waals surface area contributed by atoms with Crippen molar-refractivity contribution < 1.29 is 14.7 Å². The third-order valence-electron chi connectivity index (χ3n) is 3.35. The van der Waals surface area contributed by atoms with E-state index in [-0.39, 0.29) is 18.1 Å². The van der Waals surface area contributed by atoms with Gasteiger partial charge < -0.3 is 19.1 Å². The van der Waals surface area contributed by atoms with Crippen molar-refractivity contribution in [3.63, 3.8) is 0 Å². The zero-order chi connectivity index (χ0) is 14.1. The van der Waals surface area contributed by atoms with E-state index in [4.69, 9.17) is 5.11 Å². The minimum atomic E-state index is -1.04. The predicted octanol–water partition coefficient (Wildman–Crippen LogP) is -0.180. The van der Waals surface area contributed by atoms with E-state index >= 15 is 0 Å². The molecule has 0 unspecified atom stereocenters. The summed E-state index contributed by atoms with van der Waals surface area (Å²) in [6, 6.07) is 3.09. The van der Waals surface area contributed by atoms with Crippen molar-refractivity contribution in [2.75, 3.05) is 6.54 Å². The third-order valence-corrected chi connectivity index (χ3v) is 3.35. The van der Waals surface area contributed by atoms with Gasteiger partial charge in [-0.05, 0) is 12.1 Å². The van der Waals surface area contributed by atoms with Crippen LogP contribution in [0.15, 0.2) is 24.7 Å². The minimum absolute atomic E-state index is 0.0166. The smallest absolute Gasteiger partial charge is 0.352 e. The molecule has 1 aliphatic heterocycles. The summed E-state index contributed by atoms with van der Waals surface area (Å²) in [7, 11) is 0. The van der Waals surface area contributed by atoms with Gasteiger partial charge in [0.1, 0.15) is 18.6 Å². The van der Waals surface area contributed by atoms with Gasteiger partial charge in [0.25, 0.3) is 0 Å². The highest BCUT2D eigenvalue weighted by Gasteiger charge is 2.22. The Morgan fingerprint density at radius 2 is 2.20 bits per heavy atom. The Labute approximate surface area is 114 Å². The first-order valence-electron chi connectivity index (χ1n) is 6.18. The van der Waals surface area contributed by atoms with Crippen LogP contribution in [0.3, 0.4) is 0 Å². The molecule has 0 bridgehead atoms. The van der Waals surface area contributed by atoms with Crippen molar-refractivity contribution in [2.45, 2.75) is 19.6 Å². The maximum atomic E-state index is 12.2. The van der Waals surface area contributed by atoms with Crippen LogP contribution in [0.4, 0.5) is 0 Å². The van der Waals surface area contributed by atoms with Crippen molar-refractivity contribution in [1.29, 1.82) is 0 Å². The molecule has 20 heavy (non-hydrogen) atoms. The van der Waals surface area contributed by atoms with Crippen LogP contribution in [0, 0.1) is 0 Å². The number of carbonyl (C=O) groups is 2. The van der Waals surface area contributed by atoms with E-state index in [2.05, 4.69) is 10.2 Å². The van der Waals surface area contributed by atoms with Gasteiger partial charge >= 0.3 is 5.97 Å². The van der Waals surface area contributed by atoms with Crippen molar-refractivity contribution in [2.24, 2.45) is 0 Å². The highest BCUT2D eigenvalue weighted by Crippen LogP contribution is 2.11. The molecule has 0 aromatic carbocycles. The van der Waals surface area contributed by atoms with Crippen LogP contribution in [0.5, 0.6) is 0 Å². The molecule has 3 heterocycles. The number of aromatic carboxylic acids is 1. The highest BCUT2D eigenvalue weighted by atomic mass is 16.4. The molecule has 0 spiro atoms. The second-order valence-electron chi connectivity index (χ2n) is 4.58. The lowest BCUT2D eigenvalue weighted by Gasteiger charge is -2.27. The summed E-state index contributed by atoms with van der Waals surface area (Å²) in [6.45, 7) is 1.66. The Kier molecular flexibility index (Phi) is 2.97. The Morgan fingerprint density at radius 1 is 1.35 bits per heavy atom. The van der Waals surface area contributed by atoms with Crippen LogP contribution in [0.2, 0.25) is 0 Å². The first kappa shape index (κ1) is 12.4. The first-order valence-corrected chi connectivity index (χ1v) is 6.18. The van der Waals surface area contributed by atoms with Gasteiger partial charge in [0.05, 0.1) is 6.54 Å². The van der Waals surface area contributed by atoms with Crippen LogP contribution in [0.1, 0.15) is 16.3 Å². The number of carbonyl (C=O) groups excluding carboxylic acids is 1. The molecule has 3 rings (SSSR count). The molecule has 0 aliphatic carbocycles. The molecular formula is C12H13N5O3. The summed E-state index contributed by atoms with van der Waals surface area (Å²) in [5.41, 5.74) is 0.110. The molecule has 0 atom stereocenters. The molecule has 104 valence electrons. The van der Waals surface area contributed by atoms with E-state index in [1.165, 1.54) is 10.6 Å². The molecule has 1 amide bonds. The summed E-state index contributed by atoms with van der Waals surface area (Å²) >= 11 is 0. The molecule has 1 N–H and O–H groups in total. The normalized spacial score (nSPS) is 14.1. The summed E-state index contributed by atoms with van der Waals surface area (Å²) in [5.74, 6) is -0.422. The van der Waals surface area contributed by atoms with Crippen molar-refractivity contribution >= 4 is 11.9 Å². The Morgan fingerprint density at radius 3 is 3.00 bits per heavy atom. The van der Waals surface area contributed by atoms with Crippen molar-refractivity contribution in [3.8, 4) is 0 Å². The summed E-state index contributed by atoms with van der Waals surface area (Å²) < 4.78 is 3.34. The number of hydrogen-bond donors (Lipinski definition) is 1. The zero-order valence-corrected chi connectivity index (χ0v) is 10.6. The number of carboxylic acids is 1. The SMILES string of the molecule is O=C(O)c1cccn1CC(=O)N1CCn2cnnc2C1. The minimum Gasteiger partial charge on any atom is -0.477 e. The van der Waals surface area contributed by atoms with Gasteiger partial charge in [0.15, 0.2) is 5.82 Å². The lowest BCUT2D eigenvalue weighted by atomic mass is 10.3. The number of nitrogens with zero attached hydrogens (tertiary/aromatic N) is 5. The Hall–Kier alpha value is -2.64. The molecule has 8 heteroatoms. The highest BCUT2D eigenvalue weighted by molar-refractivity contribution is 5.86. The molecule has 0 saturated heterocycles. The maximum Gasteiger partial charge on any atom is 0.352 e. The van der Waals surface area contributed by atoms with Crippen LogP contribution in [-0.4, -0.2) is 47.8 Å². The average Bonchev–Trinajstić information content (AvgIpc) is 3.05. The van der Waals surface area contributed by atoms with Gasteiger partial charge in [-0.2, -0.15) is 0 Å². The molecular weight excluding hydrogens is 262 g/mol. The van der Waals surface area contributed by atoms with Crippen LogP contribution in [0.25, 0.3) is 0 Å². The summed E-state index contributed by atoms with van der Waals surface area (Å²) in [5, 5.41) is 16.8. The van der Waals surface area contributed by atoms with E-state index in [0.29, 0.717) is 19.6 Å². The van der Waals surface area contributed by atoms with Crippen molar-refractivity contribution in [3.05, 3.63) is 36.2 Å². The van der Waals surface area contributed by atoms with Crippen molar-refractivity contribution in [1.82, 2.24) is 24.2 Å². The van der Waals surface area contributed by atoms with E-state index in [0.717, 1.165) is 5.82 Å². The maximum absolute atomic E-state index is 12.2. The lowest BCUT2D eigenvalue weighted by molar-refractivity contribution is -0.133. The van der Waals surface area contributed by atoms with Gasteiger partial charge in [-0.1, -0.05) is 0 Å². The fraction of sp³-hybridized carbons (Fsp3) is 0.333. The molecule has 8 nitrogen and oxygen atoms in total.